The van der Waals surface area contributed by atoms with Crippen molar-refractivity contribution < 1.29 is 8.78 Å². The fourth-order valence-corrected chi connectivity index (χ4v) is 5.87. The largest absolute Gasteiger partial charge is 0.312 e. The van der Waals surface area contributed by atoms with Crippen LogP contribution in [0.4, 0.5) is 8.78 Å². The zero-order valence-electron chi connectivity index (χ0n) is 18.4. The molecule has 0 amide bonds. The Kier molecular flexibility index (Phi) is 5.55. The van der Waals surface area contributed by atoms with Crippen LogP contribution in [-0.2, 0) is 13.5 Å². The average Bonchev–Trinajstić information content (AvgIpc) is 3.38. The van der Waals surface area contributed by atoms with Gasteiger partial charge in [-0.3, -0.25) is 4.68 Å². The maximum absolute atomic E-state index is 14.2. The van der Waals surface area contributed by atoms with Gasteiger partial charge in [0.15, 0.2) is 0 Å². The Bertz CT molecular complexity index is 1050. The first-order valence-electron chi connectivity index (χ1n) is 11.6. The van der Waals surface area contributed by atoms with E-state index in [2.05, 4.69) is 23.4 Å². The number of alkyl halides is 2. The van der Waals surface area contributed by atoms with Crippen molar-refractivity contribution in [1.82, 2.24) is 15.1 Å². The van der Waals surface area contributed by atoms with E-state index in [0.29, 0.717) is 11.5 Å². The second kappa shape index (κ2) is 8.34. The molecule has 0 radical (unpaired) electrons. The van der Waals surface area contributed by atoms with Gasteiger partial charge in [0.2, 0.25) is 0 Å². The summed E-state index contributed by atoms with van der Waals surface area (Å²) in [5.74, 6) is 0.636. The number of benzene rings is 1. The summed E-state index contributed by atoms with van der Waals surface area (Å²) in [6.45, 7) is 4.28. The Hall–Kier alpha value is -2.27. The van der Waals surface area contributed by atoms with E-state index in [9.17, 15) is 8.78 Å². The van der Waals surface area contributed by atoms with Gasteiger partial charge in [-0.15, -0.1) is 0 Å². The molecular formula is C26H31F2N3. The zero-order valence-corrected chi connectivity index (χ0v) is 18.4. The van der Waals surface area contributed by atoms with E-state index in [0.717, 1.165) is 56.3 Å². The molecule has 0 saturated heterocycles. The number of nitrogens with one attached hydrogen (secondary N) is 1. The molecule has 31 heavy (non-hydrogen) atoms. The normalized spacial score (nSPS) is 24.0. The molecule has 0 spiro atoms. The fraction of sp³-hybridized carbons (Fsp3) is 0.500. The van der Waals surface area contributed by atoms with Crippen molar-refractivity contribution in [3.63, 3.8) is 0 Å². The lowest BCUT2D eigenvalue weighted by atomic mass is 9.73. The van der Waals surface area contributed by atoms with Gasteiger partial charge in [0, 0.05) is 30.9 Å². The summed E-state index contributed by atoms with van der Waals surface area (Å²) in [5, 5.41) is 7.74. The molecule has 1 aliphatic heterocycles. The van der Waals surface area contributed by atoms with Gasteiger partial charge < -0.3 is 5.32 Å². The maximum Gasteiger partial charge on any atom is 0.264 e. The predicted octanol–water partition coefficient (Wildman–Crippen LogP) is 6.09. The highest BCUT2D eigenvalue weighted by Gasteiger charge is 2.32. The molecule has 2 heterocycles. The van der Waals surface area contributed by atoms with E-state index >= 15 is 0 Å². The summed E-state index contributed by atoms with van der Waals surface area (Å²) in [5.41, 5.74) is 8.47. The lowest BCUT2D eigenvalue weighted by Gasteiger charge is -2.33. The summed E-state index contributed by atoms with van der Waals surface area (Å²) >= 11 is 0. The maximum atomic E-state index is 14.2. The SMILES string of the molecule is CC1c2cc(C(F)F)c(-c3cnn(C)c3)cc2CCCCC1C1=CCC2=C1CNCC2. The van der Waals surface area contributed by atoms with Crippen LogP contribution in [0.15, 0.2) is 47.3 Å². The van der Waals surface area contributed by atoms with E-state index in [4.69, 9.17) is 0 Å². The Labute approximate surface area is 183 Å². The number of allylic oxidation sites excluding steroid dienone is 1. The standard InChI is InChI=1S/C26H31F2N3/c1-16-20(21-8-7-17-9-10-29-14-25(17)21)6-4-3-5-18-11-23(19-13-30-31(2)15-19)24(26(27)28)12-22(16)18/h8,11-13,15-16,20,26,29H,3-7,9-10,14H2,1-2H3. The Morgan fingerprint density at radius 1 is 1.19 bits per heavy atom. The Balaban J connectivity index is 1.57. The first kappa shape index (κ1) is 20.6. The smallest absolute Gasteiger partial charge is 0.264 e. The van der Waals surface area contributed by atoms with E-state index in [1.54, 1.807) is 16.5 Å². The van der Waals surface area contributed by atoms with Crippen molar-refractivity contribution in [2.75, 3.05) is 13.1 Å². The molecule has 0 fully saturated rings. The number of hydrogen-bond acceptors (Lipinski definition) is 2. The number of halogens is 2. The molecule has 0 saturated carbocycles. The Morgan fingerprint density at radius 3 is 2.84 bits per heavy atom. The molecule has 2 atom stereocenters. The van der Waals surface area contributed by atoms with E-state index in [1.807, 2.05) is 25.4 Å². The average molecular weight is 424 g/mol. The number of rotatable bonds is 3. The van der Waals surface area contributed by atoms with Gasteiger partial charge in [0.1, 0.15) is 0 Å². The van der Waals surface area contributed by atoms with E-state index in [-0.39, 0.29) is 11.5 Å². The van der Waals surface area contributed by atoms with Crippen molar-refractivity contribution in [1.29, 1.82) is 0 Å². The number of aromatic nitrogens is 2. The zero-order chi connectivity index (χ0) is 21.5. The van der Waals surface area contributed by atoms with E-state index < -0.39 is 6.43 Å². The van der Waals surface area contributed by atoms with Gasteiger partial charge >= 0.3 is 0 Å². The first-order chi connectivity index (χ1) is 15.0. The quantitative estimate of drug-likeness (QED) is 0.647. The molecule has 0 bridgehead atoms. The molecule has 1 N–H and O–H groups in total. The highest BCUT2D eigenvalue weighted by molar-refractivity contribution is 5.69. The summed E-state index contributed by atoms with van der Waals surface area (Å²) in [7, 11) is 1.82. The van der Waals surface area contributed by atoms with Gasteiger partial charge in [-0.25, -0.2) is 8.78 Å². The van der Waals surface area contributed by atoms with Crippen LogP contribution in [-0.4, -0.2) is 22.9 Å². The number of aryl methyl sites for hydroxylation is 2. The molecule has 5 rings (SSSR count). The summed E-state index contributed by atoms with van der Waals surface area (Å²) < 4.78 is 30.0. The molecule has 2 unspecified atom stereocenters. The third-order valence-electron chi connectivity index (χ3n) is 7.52. The van der Waals surface area contributed by atoms with Crippen LogP contribution in [0, 0.1) is 5.92 Å². The highest BCUT2D eigenvalue weighted by Crippen LogP contribution is 2.46. The second-order valence-electron chi connectivity index (χ2n) is 9.36. The predicted molar refractivity (Wildman–Crippen MR) is 120 cm³/mol. The number of hydrogen-bond donors (Lipinski definition) is 1. The topological polar surface area (TPSA) is 29.9 Å². The van der Waals surface area contributed by atoms with Crippen LogP contribution in [0.5, 0.6) is 0 Å². The molecule has 164 valence electrons. The van der Waals surface area contributed by atoms with Crippen LogP contribution in [0.1, 0.15) is 68.1 Å². The minimum atomic E-state index is -2.50. The summed E-state index contributed by atoms with van der Waals surface area (Å²) in [6.07, 6.45) is 10.0. The van der Waals surface area contributed by atoms with Crippen LogP contribution in [0.25, 0.3) is 11.1 Å². The molecule has 5 heteroatoms. The molecule has 3 aliphatic rings. The first-order valence-corrected chi connectivity index (χ1v) is 11.6. The minimum Gasteiger partial charge on any atom is -0.312 e. The third-order valence-corrected chi connectivity index (χ3v) is 7.52. The highest BCUT2D eigenvalue weighted by atomic mass is 19.3. The number of fused-ring (bicyclic) bond motifs is 1. The molecule has 3 nitrogen and oxygen atoms in total. The Morgan fingerprint density at radius 2 is 2.06 bits per heavy atom. The van der Waals surface area contributed by atoms with Gasteiger partial charge in [-0.2, -0.15) is 5.10 Å². The van der Waals surface area contributed by atoms with Crippen molar-refractivity contribution in [3.8, 4) is 11.1 Å². The van der Waals surface area contributed by atoms with Crippen molar-refractivity contribution in [3.05, 3.63) is 64.0 Å². The van der Waals surface area contributed by atoms with Crippen molar-refractivity contribution >= 4 is 0 Å². The molecule has 1 aromatic heterocycles. The van der Waals surface area contributed by atoms with Gasteiger partial charge in [0.05, 0.1) is 6.20 Å². The van der Waals surface area contributed by atoms with Crippen LogP contribution in [0.2, 0.25) is 0 Å². The monoisotopic (exact) mass is 423 g/mol. The minimum absolute atomic E-state index is 0.137. The fourth-order valence-electron chi connectivity index (χ4n) is 5.87. The van der Waals surface area contributed by atoms with E-state index in [1.165, 1.54) is 23.1 Å². The van der Waals surface area contributed by atoms with Crippen molar-refractivity contribution in [2.45, 2.75) is 57.8 Å². The summed E-state index contributed by atoms with van der Waals surface area (Å²) in [4.78, 5) is 0. The molecular weight excluding hydrogens is 392 g/mol. The van der Waals surface area contributed by atoms with Gasteiger partial charge in [0.25, 0.3) is 6.43 Å². The number of nitrogens with zero attached hydrogens (tertiary/aromatic N) is 2. The van der Waals surface area contributed by atoms with Crippen molar-refractivity contribution in [2.24, 2.45) is 13.0 Å². The van der Waals surface area contributed by atoms with Gasteiger partial charge in [-0.1, -0.05) is 31.1 Å². The van der Waals surface area contributed by atoms with Crippen LogP contribution >= 0.6 is 0 Å². The van der Waals surface area contributed by atoms with Crippen LogP contribution in [0.3, 0.4) is 0 Å². The van der Waals surface area contributed by atoms with Gasteiger partial charge in [-0.05, 0) is 84.4 Å². The molecule has 1 aromatic carbocycles. The lowest BCUT2D eigenvalue weighted by Crippen LogP contribution is -2.27. The molecule has 2 aromatic rings. The molecule has 2 aliphatic carbocycles. The third kappa shape index (κ3) is 3.78. The second-order valence-corrected chi connectivity index (χ2v) is 9.36. The lowest BCUT2D eigenvalue weighted by molar-refractivity contribution is 0.152. The van der Waals surface area contributed by atoms with Crippen LogP contribution < -0.4 is 5.32 Å². The summed E-state index contributed by atoms with van der Waals surface area (Å²) in [6, 6.07) is 3.85.